The summed E-state index contributed by atoms with van der Waals surface area (Å²) < 4.78 is 0. The van der Waals surface area contributed by atoms with Crippen molar-refractivity contribution in [1.29, 1.82) is 0 Å². The molecule has 0 aromatic heterocycles. The number of carboxylic acids is 1. The molecular formula is C17H32N4O6S. The van der Waals surface area contributed by atoms with E-state index in [4.69, 9.17) is 5.11 Å². The summed E-state index contributed by atoms with van der Waals surface area (Å²) in [6.45, 7) is 6.11. The van der Waals surface area contributed by atoms with Crippen molar-refractivity contribution in [2.45, 2.75) is 40.2 Å². The smallest absolute Gasteiger partial charge is 0.322 e. The van der Waals surface area contributed by atoms with E-state index in [2.05, 4.69) is 21.3 Å². The first-order valence-corrected chi connectivity index (χ1v) is 10.4. The van der Waals surface area contributed by atoms with Crippen molar-refractivity contribution < 1.29 is 29.1 Å². The van der Waals surface area contributed by atoms with E-state index < -0.39 is 42.8 Å². The van der Waals surface area contributed by atoms with Crippen LogP contribution in [0.25, 0.3) is 0 Å². The molecular weight excluding hydrogens is 388 g/mol. The van der Waals surface area contributed by atoms with E-state index in [1.807, 2.05) is 20.1 Å². The number of thioether (sulfide) groups is 1. The molecule has 0 aliphatic rings. The topological polar surface area (TPSA) is 154 Å². The van der Waals surface area contributed by atoms with E-state index in [9.17, 15) is 24.0 Å². The molecule has 28 heavy (non-hydrogen) atoms. The fourth-order valence-corrected chi connectivity index (χ4v) is 2.08. The summed E-state index contributed by atoms with van der Waals surface area (Å²) in [7, 11) is 0. The largest absolute Gasteiger partial charge is 0.480 e. The Morgan fingerprint density at radius 2 is 1.36 bits per heavy atom. The minimum Gasteiger partial charge on any atom is -0.480 e. The van der Waals surface area contributed by atoms with Gasteiger partial charge in [0.15, 0.2) is 0 Å². The number of carbonyl (C=O) groups is 5. The predicted molar refractivity (Wildman–Crippen MR) is 108 cm³/mol. The van der Waals surface area contributed by atoms with Crippen molar-refractivity contribution in [2.75, 3.05) is 31.6 Å². The van der Waals surface area contributed by atoms with Crippen molar-refractivity contribution in [1.82, 2.24) is 21.3 Å². The number of hydrogen-bond donors (Lipinski definition) is 5. The van der Waals surface area contributed by atoms with E-state index >= 15 is 0 Å². The van der Waals surface area contributed by atoms with Crippen molar-refractivity contribution in [2.24, 2.45) is 5.92 Å². The third-order valence-electron chi connectivity index (χ3n) is 3.07. The van der Waals surface area contributed by atoms with Crippen LogP contribution >= 0.6 is 11.8 Å². The Bertz CT molecular complexity index is 528. The first kappa shape index (κ1) is 27.9. The maximum absolute atomic E-state index is 12.2. The van der Waals surface area contributed by atoms with Crippen molar-refractivity contribution in [3.8, 4) is 0 Å². The molecule has 0 aromatic rings. The van der Waals surface area contributed by atoms with Crippen LogP contribution in [-0.4, -0.2) is 72.4 Å². The Balaban J connectivity index is 0. The molecule has 0 aromatic carbocycles. The van der Waals surface area contributed by atoms with Crippen LogP contribution in [0.15, 0.2) is 0 Å². The summed E-state index contributed by atoms with van der Waals surface area (Å²) in [6, 6.07) is -0.746. The summed E-state index contributed by atoms with van der Waals surface area (Å²) in [4.78, 5) is 57.2. The molecule has 0 saturated carbocycles. The van der Waals surface area contributed by atoms with Gasteiger partial charge in [0.1, 0.15) is 12.6 Å². The lowest BCUT2D eigenvalue weighted by atomic mass is 10.1. The van der Waals surface area contributed by atoms with Gasteiger partial charge in [-0.05, 0) is 18.4 Å². The van der Waals surface area contributed by atoms with Gasteiger partial charge in [0.25, 0.3) is 0 Å². The van der Waals surface area contributed by atoms with Gasteiger partial charge < -0.3 is 26.4 Å². The van der Waals surface area contributed by atoms with Crippen LogP contribution in [0.3, 0.4) is 0 Å². The van der Waals surface area contributed by atoms with Crippen LogP contribution in [0.2, 0.25) is 0 Å². The Morgan fingerprint density at radius 1 is 0.857 bits per heavy atom. The number of carboxylic acid groups (broad SMARTS) is 1. The van der Waals surface area contributed by atoms with Gasteiger partial charge in [-0.25, -0.2) is 0 Å². The van der Waals surface area contributed by atoms with Gasteiger partial charge >= 0.3 is 5.97 Å². The van der Waals surface area contributed by atoms with E-state index in [1.165, 1.54) is 11.8 Å². The van der Waals surface area contributed by atoms with Crippen LogP contribution in [-0.2, 0) is 24.0 Å². The third-order valence-corrected chi connectivity index (χ3v) is 3.72. The van der Waals surface area contributed by atoms with E-state index in [-0.39, 0.29) is 18.4 Å². The third kappa shape index (κ3) is 14.8. The lowest BCUT2D eigenvalue weighted by Crippen LogP contribution is -2.50. The Hall–Kier alpha value is -2.30. The maximum atomic E-state index is 12.2. The van der Waals surface area contributed by atoms with E-state index in [1.54, 1.807) is 13.8 Å². The highest BCUT2D eigenvalue weighted by Crippen LogP contribution is 2.03. The van der Waals surface area contributed by atoms with Gasteiger partial charge in [-0.3, -0.25) is 24.0 Å². The SMILES string of the molecule is CC.CSCCC(NC(=O)C(C)C)C(=O)NCC(=O)NCC(=O)NCC(=O)O. The molecule has 0 spiro atoms. The zero-order valence-electron chi connectivity index (χ0n) is 17.1. The Kier molecular flexibility index (Phi) is 16.8. The number of amides is 4. The summed E-state index contributed by atoms with van der Waals surface area (Å²) >= 11 is 1.53. The van der Waals surface area contributed by atoms with Gasteiger partial charge in [0.2, 0.25) is 23.6 Å². The summed E-state index contributed by atoms with van der Waals surface area (Å²) in [5.41, 5.74) is 0. The molecule has 0 bridgehead atoms. The van der Waals surface area contributed by atoms with Gasteiger partial charge in [0.05, 0.1) is 13.1 Å². The molecule has 10 nitrogen and oxygen atoms in total. The second-order valence-electron chi connectivity index (χ2n) is 5.66. The fourth-order valence-electron chi connectivity index (χ4n) is 1.61. The maximum Gasteiger partial charge on any atom is 0.322 e. The summed E-state index contributed by atoms with van der Waals surface area (Å²) in [5, 5.41) is 17.8. The summed E-state index contributed by atoms with van der Waals surface area (Å²) in [5.74, 6) is -2.82. The highest BCUT2D eigenvalue weighted by molar-refractivity contribution is 7.98. The molecule has 0 saturated heterocycles. The molecule has 11 heteroatoms. The first-order valence-electron chi connectivity index (χ1n) is 8.99. The second-order valence-corrected chi connectivity index (χ2v) is 6.65. The first-order chi connectivity index (χ1) is 13.2. The van der Waals surface area contributed by atoms with Crippen molar-refractivity contribution >= 4 is 41.4 Å². The van der Waals surface area contributed by atoms with E-state index in [0.29, 0.717) is 12.2 Å². The molecule has 1 atom stereocenters. The number of rotatable bonds is 12. The zero-order valence-corrected chi connectivity index (χ0v) is 17.9. The standard InChI is InChI=1S/C15H26N4O6S.C2H6/c1-9(2)14(24)19-10(4-5-26-3)15(25)18-7-12(21)16-6-11(20)17-8-13(22)23;1-2/h9-10H,4-8H2,1-3H3,(H,16,21)(H,17,20)(H,18,25)(H,19,24)(H,22,23);1-2H3. The van der Waals surface area contributed by atoms with Gasteiger partial charge in [-0.15, -0.1) is 0 Å². The number of hydrogen-bond acceptors (Lipinski definition) is 6. The molecule has 0 fully saturated rings. The number of nitrogens with one attached hydrogen (secondary N) is 4. The molecule has 0 heterocycles. The molecule has 1 unspecified atom stereocenters. The quantitative estimate of drug-likeness (QED) is 0.281. The molecule has 0 rings (SSSR count). The molecule has 4 amide bonds. The predicted octanol–water partition coefficient (Wildman–Crippen LogP) is -0.660. The average Bonchev–Trinajstić information content (AvgIpc) is 2.67. The summed E-state index contributed by atoms with van der Waals surface area (Å²) in [6.07, 6.45) is 2.30. The Morgan fingerprint density at radius 3 is 1.82 bits per heavy atom. The van der Waals surface area contributed by atoms with Gasteiger partial charge in [0, 0.05) is 5.92 Å². The Labute approximate surface area is 170 Å². The van der Waals surface area contributed by atoms with Gasteiger partial charge in [-0.2, -0.15) is 11.8 Å². The van der Waals surface area contributed by atoms with Crippen molar-refractivity contribution in [3.05, 3.63) is 0 Å². The lowest BCUT2D eigenvalue weighted by molar-refractivity contribution is -0.137. The minimum absolute atomic E-state index is 0.259. The number of aliphatic carboxylic acids is 1. The van der Waals surface area contributed by atoms with Crippen LogP contribution in [0, 0.1) is 5.92 Å². The van der Waals surface area contributed by atoms with Crippen molar-refractivity contribution in [3.63, 3.8) is 0 Å². The monoisotopic (exact) mass is 420 g/mol. The van der Waals surface area contributed by atoms with Crippen LogP contribution in [0.4, 0.5) is 0 Å². The van der Waals surface area contributed by atoms with Crippen LogP contribution in [0.1, 0.15) is 34.1 Å². The molecule has 0 aliphatic heterocycles. The van der Waals surface area contributed by atoms with Gasteiger partial charge in [-0.1, -0.05) is 27.7 Å². The average molecular weight is 421 g/mol. The second kappa shape index (κ2) is 16.8. The van der Waals surface area contributed by atoms with Crippen LogP contribution < -0.4 is 21.3 Å². The normalized spacial score (nSPS) is 10.8. The van der Waals surface area contributed by atoms with Crippen LogP contribution in [0.5, 0.6) is 0 Å². The minimum atomic E-state index is -1.20. The lowest BCUT2D eigenvalue weighted by Gasteiger charge is -2.19. The molecule has 0 radical (unpaired) electrons. The van der Waals surface area contributed by atoms with E-state index in [0.717, 1.165) is 0 Å². The fraction of sp³-hybridized carbons (Fsp3) is 0.706. The molecule has 5 N–H and O–H groups in total. The highest BCUT2D eigenvalue weighted by atomic mass is 32.2. The number of carbonyl (C=O) groups excluding carboxylic acids is 4. The molecule has 162 valence electrons. The highest BCUT2D eigenvalue weighted by Gasteiger charge is 2.22. The molecule has 0 aliphatic carbocycles. The zero-order chi connectivity index (χ0) is 22.1.